The first-order chi connectivity index (χ1) is 19.3. The highest BCUT2D eigenvalue weighted by molar-refractivity contribution is 5.89. The summed E-state index contributed by atoms with van der Waals surface area (Å²) in [5, 5.41) is 17.6. The van der Waals surface area contributed by atoms with Gasteiger partial charge in [-0.2, -0.15) is 0 Å². The van der Waals surface area contributed by atoms with Crippen LogP contribution in [-0.2, 0) is 20.7 Å². The van der Waals surface area contributed by atoms with Crippen molar-refractivity contribution in [1.82, 2.24) is 15.5 Å². The number of β-amino-alcohol motifs (C(OH)–C–C–N with tert-alkyl or cyclic N) is 1. The van der Waals surface area contributed by atoms with Gasteiger partial charge in [0.1, 0.15) is 23.4 Å². The van der Waals surface area contributed by atoms with Gasteiger partial charge in [-0.05, 0) is 66.6 Å². The first-order valence-electron chi connectivity index (χ1n) is 13.7. The maximum absolute atomic E-state index is 14.0. The predicted molar refractivity (Wildman–Crippen MR) is 144 cm³/mol. The van der Waals surface area contributed by atoms with E-state index < -0.39 is 35.7 Å². The molecule has 0 radical (unpaired) electrons. The number of aliphatic hydroxyl groups excluding tert-OH is 1. The van der Waals surface area contributed by atoms with Crippen molar-refractivity contribution in [3.05, 3.63) is 76.9 Å². The maximum Gasteiger partial charge on any atom is 0.243 e. The second-order valence-corrected chi connectivity index (χ2v) is 10.6. The zero-order chi connectivity index (χ0) is 28.2. The number of halogens is 2. The fourth-order valence-electron chi connectivity index (χ4n) is 5.88. The number of aliphatic hydroxyl groups is 1. The average molecular weight is 556 g/mol. The van der Waals surface area contributed by atoms with Crippen molar-refractivity contribution < 1.29 is 33.0 Å². The third-order valence-corrected chi connectivity index (χ3v) is 7.92. The van der Waals surface area contributed by atoms with Crippen LogP contribution in [0.3, 0.4) is 0 Å². The van der Waals surface area contributed by atoms with E-state index in [0.29, 0.717) is 43.7 Å². The van der Waals surface area contributed by atoms with Crippen LogP contribution in [0.5, 0.6) is 5.75 Å². The minimum Gasteiger partial charge on any atom is -0.497 e. The number of fused-ring (bicyclic) bond motifs is 5. The first kappa shape index (κ1) is 28.2. The highest BCUT2D eigenvalue weighted by Gasteiger charge is 2.36. The Morgan fingerprint density at radius 2 is 1.90 bits per heavy atom. The number of nitrogens with zero attached hydrogens (tertiary/aromatic N) is 1. The minimum atomic E-state index is -1.10. The summed E-state index contributed by atoms with van der Waals surface area (Å²) in [5.74, 6) is -1.29. The summed E-state index contributed by atoms with van der Waals surface area (Å²) in [6.45, 7) is 0.902. The summed E-state index contributed by atoms with van der Waals surface area (Å²) in [7, 11) is 1.60. The van der Waals surface area contributed by atoms with Crippen LogP contribution >= 0.6 is 0 Å². The van der Waals surface area contributed by atoms with Crippen LogP contribution in [-0.4, -0.2) is 66.8 Å². The van der Waals surface area contributed by atoms with E-state index in [2.05, 4.69) is 10.6 Å². The summed E-state index contributed by atoms with van der Waals surface area (Å²) >= 11 is 0. The second kappa shape index (κ2) is 12.4. The molecule has 3 N–H and O–H groups in total. The van der Waals surface area contributed by atoms with Gasteiger partial charge in [0.2, 0.25) is 11.8 Å². The second-order valence-electron chi connectivity index (χ2n) is 10.6. The number of hydrogen-bond donors (Lipinski definition) is 3. The van der Waals surface area contributed by atoms with E-state index in [0.717, 1.165) is 17.2 Å². The lowest BCUT2D eigenvalue weighted by atomic mass is 9.99. The summed E-state index contributed by atoms with van der Waals surface area (Å²) in [6, 6.07) is 7.21. The third kappa shape index (κ3) is 6.35. The van der Waals surface area contributed by atoms with E-state index in [1.807, 2.05) is 30.4 Å². The number of benzene rings is 2. The zero-order valence-electron chi connectivity index (χ0n) is 22.4. The Balaban J connectivity index is 1.44. The van der Waals surface area contributed by atoms with Gasteiger partial charge in [0.25, 0.3) is 0 Å². The fourth-order valence-corrected chi connectivity index (χ4v) is 5.88. The molecule has 40 heavy (non-hydrogen) atoms. The normalized spacial score (nSPS) is 28.4. The van der Waals surface area contributed by atoms with Gasteiger partial charge in [-0.1, -0.05) is 18.2 Å². The molecule has 8 nitrogen and oxygen atoms in total. The molecule has 0 spiro atoms. The van der Waals surface area contributed by atoms with E-state index in [-0.39, 0.29) is 37.4 Å². The SMILES string of the molecule is COc1ccc2c(c1)[C@@H]1C[C@H]2OC/C=C/C[C@H](N2CCCC2=O)C(=O)N[C@@H](Cc2cc(F)cc(F)c2)[C@H](O)CN1. The molecule has 2 amide bonds. The number of rotatable bonds is 4. The van der Waals surface area contributed by atoms with Crippen molar-refractivity contribution in [3.8, 4) is 5.75 Å². The third-order valence-electron chi connectivity index (χ3n) is 7.92. The molecule has 214 valence electrons. The number of likely N-dealkylation sites (tertiary alicyclic amines) is 1. The molecule has 1 aliphatic carbocycles. The lowest BCUT2D eigenvalue weighted by Crippen LogP contribution is -2.55. The van der Waals surface area contributed by atoms with Gasteiger partial charge in [-0.15, -0.1) is 0 Å². The molecule has 0 saturated carbocycles. The Morgan fingerprint density at radius 3 is 2.62 bits per heavy atom. The van der Waals surface area contributed by atoms with Crippen molar-refractivity contribution >= 4 is 11.8 Å². The largest absolute Gasteiger partial charge is 0.497 e. The molecule has 10 heteroatoms. The first-order valence-corrected chi connectivity index (χ1v) is 13.7. The Labute approximate surface area is 232 Å². The topological polar surface area (TPSA) is 100 Å². The van der Waals surface area contributed by atoms with Gasteiger partial charge in [0.15, 0.2) is 0 Å². The van der Waals surface area contributed by atoms with Gasteiger partial charge in [0, 0.05) is 31.6 Å². The Kier molecular flexibility index (Phi) is 8.78. The molecule has 5 rings (SSSR count). The number of carbonyl (C=O) groups is 2. The molecule has 2 bridgehead atoms. The van der Waals surface area contributed by atoms with Crippen molar-refractivity contribution in [1.29, 1.82) is 0 Å². The molecule has 5 atom stereocenters. The van der Waals surface area contributed by atoms with Crippen molar-refractivity contribution in [2.24, 2.45) is 0 Å². The molecular formula is C30H35F2N3O5. The summed E-state index contributed by atoms with van der Waals surface area (Å²) in [6.07, 6.45) is 4.38. The van der Waals surface area contributed by atoms with Gasteiger partial charge < -0.3 is 30.1 Å². The molecule has 3 aliphatic rings. The minimum absolute atomic E-state index is 0.000580. The molecule has 2 heterocycles. The van der Waals surface area contributed by atoms with E-state index >= 15 is 0 Å². The number of amides is 2. The quantitative estimate of drug-likeness (QED) is 0.502. The van der Waals surface area contributed by atoms with Crippen LogP contribution < -0.4 is 15.4 Å². The van der Waals surface area contributed by atoms with Gasteiger partial charge in [-0.25, -0.2) is 8.78 Å². The molecule has 1 fully saturated rings. The smallest absolute Gasteiger partial charge is 0.243 e. The van der Waals surface area contributed by atoms with Crippen molar-refractivity contribution in [2.75, 3.05) is 26.8 Å². The van der Waals surface area contributed by atoms with Crippen LogP contribution in [0.2, 0.25) is 0 Å². The summed E-state index contributed by atoms with van der Waals surface area (Å²) in [5.41, 5.74) is 2.35. The van der Waals surface area contributed by atoms with Crippen LogP contribution in [0.25, 0.3) is 0 Å². The van der Waals surface area contributed by atoms with Crippen LogP contribution in [0, 0.1) is 11.6 Å². The molecule has 0 aromatic heterocycles. The maximum atomic E-state index is 14.0. The van der Waals surface area contributed by atoms with Gasteiger partial charge in [-0.3, -0.25) is 9.59 Å². The van der Waals surface area contributed by atoms with Gasteiger partial charge >= 0.3 is 0 Å². The van der Waals surface area contributed by atoms with E-state index in [1.54, 1.807) is 12.0 Å². The van der Waals surface area contributed by atoms with Gasteiger partial charge in [0.05, 0.1) is 32.0 Å². The Bertz CT molecular complexity index is 1250. The van der Waals surface area contributed by atoms with Crippen molar-refractivity contribution in [3.63, 3.8) is 0 Å². The standard InChI is InChI=1S/C30H35F2N3O5/c1-39-21-7-8-22-23(15-21)24-16-28(22)40-10-3-2-5-26(35-9-4-6-29(35)37)30(38)34-25(27(36)17-33-24)13-18-11-19(31)14-20(32)12-18/h2-3,7-8,11-12,14-15,24-28,33,36H,4-6,9-10,13,16-17H2,1H3,(H,34,38)/b3-2+/t24-,25-,26-,27+,28+/m0/s1. The van der Waals surface area contributed by atoms with Crippen molar-refractivity contribution in [2.45, 2.75) is 62.4 Å². The zero-order valence-corrected chi connectivity index (χ0v) is 22.4. The molecule has 0 unspecified atom stereocenters. The van der Waals surface area contributed by atoms with Crippen LogP contribution in [0.4, 0.5) is 8.78 Å². The number of carbonyl (C=O) groups excluding carboxylic acids is 2. The molecular weight excluding hydrogens is 520 g/mol. The molecule has 2 aliphatic heterocycles. The summed E-state index contributed by atoms with van der Waals surface area (Å²) < 4.78 is 39.6. The Morgan fingerprint density at radius 1 is 1.10 bits per heavy atom. The lowest BCUT2D eigenvalue weighted by molar-refractivity contribution is -0.138. The van der Waals surface area contributed by atoms with E-state index in [1.165, 1.54) is 12.1 Å². The monoisotopic (exact) mass is 555 g/mol. The van der Waals surface area contributed by atoms with Crippen LogP contribution in [0.15, 0.2) is 48.6 Å². The Hall–Kier alpha value is -3.34. The number of hydrogen-bond acceptors (Lipinski definition) is 6. The lowest BCUT2D eigenvalue weighted by Gasteiger charge is -2.31. The van der Waals surface area contributed by atoms with E-state index in [4.69, 9.17) is 9.47 Å². The number of nitrogens with one attached hydrogen (secondary N) is 2. The molecule has 2 aromatic carbocycles. The van der Waals surface area contributed by atoms with Crippen LogP contribution in [0.1, 0.15) is 54.5 Å². The predicted octanol–water partition coefficient (Wildman–Crippen LogP) is 3.10. The molecule has 1 saturated heterocycles. The fraction of sp³-hybridized carbons (Fsp3) is 0.467. The number of ether oxygens (including phenoxy) is 2. The summed E-state index contributed by atoms with van der Waals surface area (Å²) in [4.78, 5) is 27.7. The number of methoxy groups -OCH3 is 1. The average Bonchev–Trinajstić information content (AvgIpc) is 3.50. The highest BCUT2D eigenvalue weighted by Crippen LogP contribution is 2.42. The van der Waals surface area contributed by atoms with E-state index in [9.17, 15) is 23.5 Å². The highest BCUT2D eigenvalue weighted by atomic mass is 19.1. The molecule has 2 aromatic rings.